The number of hydrogen-bond acceptors (Lipinski definition) is 6. The highest BCUT2D eigenvalue weighted by Gasteiger charge is 2.30. The second-order valence-electron chi connectivity index (χ2n) is 5.61. The number of anilines is 2. The Morgan fingerprint density at radius 3 is 2.53 bits per heavy atom. The van der Waals surface area contributed by atoms with E-state index in [4.69, 9.17) is 5.84 Å². The lowest BCUT2D eigenvalue weighted by molar-refractivity contribution is 0.164. The fourth-order valence-corrected chi connectivity index (χ4v) is 2.22. The molecule has 0 saturated heterocycles. The first kappa shape index (κ1) is 12.6. The van der Waals surface area contributed by atoms with Crippen LogP contribution in [0.1, 0.15) is 43.0 Å². The van der Waals surface area contributed by atoms with Crippen molar-refractivity contribution < 1.29 is 5.11 Å². The zero-order valence-corrected chi connectivity index (χ0v) is 11.2. The van der Waals surface area contributed by atoms with Gasteiger partial charge in [0.05, 0.1) is 6.10 Å². The molecule has 2 aliphatic rings. The molecule has 2 fully saturated rings. The third-order valence-electron chi connectivity index (χ3n) is 3.89. The highest BCUT2D eigenvalue weighted by Crippen LogP contribution is 2.39. The van der Waals surface area contributed by atoms with Crippen LogP contribution >= 0.6 is 0 Å². The van der Waals surface area contributed by atoms with Crippen LogP contribution in [-0.4, -0.2) is 27.7 Å². The molecule has 6 nitrogen and oxygen atoms in total. The number of aliphatic hydroxyl groups is 1. The van der Waals surface area contributed by atoms with Crippen LogP contribution < -0.4 is 16.6 Å². The normalized spacial score (nSPS) is 20.2. The van der Waals surface area contributed by atoms with Crippen LogP contribution in [-0.2, 0) is 0 Å². The number of aliphatic hydroxyl groups excluding tert-OH is 1. The maximum absolute atomic E-state index is 9.91. The van der Waals surface area contributed by atoms with Crippen LogP contribution in [0.2, 0.25) is 0 Å². The summed E-state index contributed by atoms with van der Waals surface area (Å²) in [6, 6.07) is 0. The molecular weight excluding hydrogens is 242 g/mol. The van der Waals surface area contributed by atoms with Crippen molar-refractivity contribution in [2.75, 3.05) is 17.3 Å². The summed E-state index contributed by atoms with van der Waals surface area (Å²) in [7, 11) is 0. The van der Waals surface area contributed by atoms with E-state index in [1.165, 1.54) is 0 Å². The van der Waals surface area contributed by atoms with Gasteiger partial charge < -0.3 is 15.8 Å². The Balaban J connectivity index is 1.75. The van der Waals surface area contributed by atoms with Gasteiger partial charge in [0.15, 0.2) is 0 Å². The topological polar surface area (TPSA) is 96.1 Å². The Morgan fingerprint density at radius 1 is 1.26 bits per heavy atom. The summed E-state index contributed by atoms with van der Waals surface area (Å²) in [6.45, 7) is 2.47. The maximum Gasteiger partial charge on any atom is 0.148 e. The molecule has 0 radical (unpaired) electrons. The van der Waals surface area contributed by atoms with E-state index in [-0.39, 0.29) is 6.10 Å². The molecule has 0 bridgehead atoms. The summed E-state index contributed by atoms with van der Waals surface area (Å²) in [4.78, 5) is 9.00. The smallest absolute Gasteiger partial charge is 0.148 e. The van der Waals surface area contributed by atoms with Gasteiger partial charge in [-0.3, -0.25) is 0 Å². The molecule has 1 aromatic heterocycles. The summed E-state index contributed by atoms with van der Waals surface area (Å²) in [5.41, 5.74) is 3.53. The van der Waals surface area contributed by atoms with Crippen LogP contribution in [0, 0.1) is 12.8 Å². The standard InChI is InChI=1S/C13H21N5O/c1-7-11(15-6-10(19)8-2-3-8)16-13(9-4-5-9)17-12(7)18-14/h8-10,19H,2-6,14H2,1H3,(H2,15,16,17,18). The zero-order chi connectivity index (χ0) is 13.4. The van der Waals surface area contributed by atoms with Crippen LogP contribution in [0.15, 0.2) is 0 Å². The molecule has 19 heavy (non-hydrogen) atoms. The molecule has 104 valence electrons. The minimum Gasteiger partial charge on any atom is -0.391 e. The number of nitrogens with one attached hydrogen (secondary N) is 2. The highest BCUT2D eigenvalue weighted by atomic mass is 16.3. The van der Waals surface area contributed by atoms with Gasteiger partial charge in [-0.2, -0.15) is 0 Å². The van der Waals surface area contributed by atoms with E-state index >= 15 is 0 Å². The average molecular weight is 263 g/mol. The Morgan fingerprint density at radius 2 is 1.95 bits per heavy atom. The summed E-state index contributed by atoms with van der Waals surface area (Å²) < 4.78 is 0. The number of aromatic nitrogens is 2. The second-order valence-corrected chi connectivity index (χ2v) is 5.61. The van der Waals surface area contributed by atoms with Crippen molar-refractivity contribution in [3.05, 3.63) is 11.4 Å². The molecule has 5 N–H and O–H groups in total. The van der Waals surface area contributed by atoms with Gasteiger partial charge in [0.1, 0.15) is 17.5 Å². The fourth-order valence-electron chi connectivity index (χ4n) is 2.22. The molecule has 0 aromatic carbocycles. The molecule has 0 aliphatic heterocycles. The molecule has 2 saturated carbocycles. The van der Waals surface area contributed by atoms with Gasteiger partial charge in [-0.25, -0.2) is 15.8 Å². The van der Waals surface area contributed by atoms with Gasteiger partial charge >= 0.3 is 0 Å². The van der Waals surface area contributed by atoms with E-state index in [1.54, 1.807) is 0 Å². The summed E-state index contributed by atoms with van der Waals surface area (Å²) in [5.74, 6) is 8.74. The molecule has 2 aliphatic carbocycles. The van der Waals surface area contributed by atoms with Crippen molar-refractivity contribution >= 4 is 11.6 Å². The molecule has 1 atom stereocenters. The van der Waals surface area contributed by atoms with E-state index in [1.807, 2.05) is 6.92 Å². The SMILES string of the molecule is Cc1c(NN)nc(C2CC2)nc1NCC(O)C1CC1. The van der Waals surface area contributed by atoms with E-state index in [0.29, 0.717) is 24.2 Å². The first-order chi connectivity index (χ1) is 9.19. The summed E-state index contributed by atoms with van der Waals surface area (Å²) >= 11 is 0. The fraction of sp³-hybridized carbons (Fsp3) is 0.692. The van der Waals surface area contributed by atoms with Crippen molar-refractivity contribution in [2.45, 2.75) is 44.6 Å². The minimum absolute atomic E-state index is 0.284. The predicted octanol–water partition coefficient (Wildman–Crippen LogP) is 1.13. The number of nitrogens with two attached hydrogens (primary N) is 1. The van der Waals surface area contributed by atoms with Gasteiger partial charge in [0, 0.05) is 18.0 Å². The van der Waals surface area contributed by atoms with Crippen LogP contribution in [0.4, 0.5) is 11.6 Å². The predicted molar refractivity (Wildman–Crippen MR) is 73.8 cm³/mol. The Bertz CT molecular complexity index is 470. The molecule has 1 unspecified atom stereocenters. The third kappa shape index (κ3) is 2.79. The first-order valence-corrected chi connectivity index (χ1v) is 6.96. The number of hydrazine groups is 1. The molecule has 1 heterocycles. The molecule has 3 rings (SSSR count). The lowest BCUT2D eigenvalue weighted by Crippen LogP contribution is -2.23. The third-order valence-corrected chi connectivity index (χ3v) is 3.89. The van der Waals surface area contributed by atoms with Gasteiger partial charge in [0.25, 0.3) is 0 Å². The lowest BCUT2D eigenvalue weighted by Gasteiger charge is -2.15. The first-order valence-electron chi connectivity index (χ1n) is 6.96. The van der Waals surface area contributed by atoms with Gasteiger partial charge in [0.2, 0.25) is 0 Å². The number of nitrogens with zero attached hydrogens (tertiary/aromatic N) is 2. The summed E-state index contributed by atoms with van der Waals surface area (Å²) in [6.07, 6.45) is 4.28. The van der Waals surface area contributed by atoms with Gasteiger partial charge in [-0.05, 0) is 38.5 Å². The molecular formula is C13H21N5O. The number of rotatable bonds is 6. The van der Waals surface area contributed by atoms with Crippen molar-refractivity contribution in [1.29, 1.82) is 0 Å². The Labute approximate surface area is 112 Å². The van der Waals surface area contributed by atoms with E-state index in [9.17, 15) is 5.11 Å². The quantitative estimate of drug-likeness (QED) is 0.454. The zero-order valence-electron chi connectivity index (χ0n) is 11.2. The monoisotopic (exact) mass is 263 g/mol. The minimum atomic E-state index is -0.284. The molecule has 1 aromatic rings. The van der Waals surface area contributed by atoms with E-state index in [2.05, 4.69) is 20.7 Å². The van der Waals surface area contributed by atoms with Crippen molar-refractivity contribution in [3.8, 4) is 0 Å². The summed E-state index contributed by atoms with van der Waals surface area (Å²) in [5, 5.41) is 13.1. The largest absolute Gasteiger partial charge is 0.391 e. The Hall–Kier alpha value is -1.40. The molecule has 0 amide bonds. The van der Waals surface area contributed by atoms with Crippen LogP contribution in [0.25, 0.3) is 0 Å². The van der Waals surface area contributed by atoms with Gasteiger partial charge in [-0.15, -0.1) is 0 Å². The van der Waals surface area contributed by atoms with Crippen LogP contribution in [0.3, 0.4) is 0 Å². The van der Waals surface area contributed by atoms with Crippen molar-refractivity contribution in [2.24, 2.45) is 11.8 Å². The van der Waals surface area contributed by atoms with E-state index in [0.717, 1.165) is 42.9 Å². The van der Waals surface area contributed by atoms with Crippen LogP contribution in [0.5, 0.6) is 0 Å². The van der Waals surface area contributed by atoms with E-state index < -0.39 is 0 Å². The highest BCUT2D eigenvalue weighted by molar-refractivity contribution is 5.57. The maximum atomic E-state index is 9.91. The Kier molecular flexibility index (Phi) is 3.28. The molecule has 6 heteroatoms. The second kappa shape index (κ2) is 4.94. The van der Waals surface area contributed by atoms with Gasteiger partial charge in [-0.1, -0.05) is 0 Å². The lowest BCUT2D eigenvalue weighted by atomic mass is 10.2. The van der Waals surface area contributed by atoms with Crippen molar-refractivity contribution in [3.63, 3.8) is 0 Å². The average Bonchev–Trinajstić information content (AvgIpc) is 3.29. The number of hydrogen-bond donors (Lipinski definition) is 4. The molecule has 0 spiro atoms. The van der Waals surface area contributed by atoms with Crippen molar-refractivity contribution in [1.82, 2.24) is 9.97 Å². The number of nitrogen functional groups attached to an aromatic ring is 1.